The maximum absolute atomic E-state index is 14.0. The minimum absolute atomic E-state index is 0.480. The van der Waals surface area contributed by atoms with E-state index in [1.165, 1.54) is 0 Å². The molecule has 0 spiro atoms. The maximum Gasteiger partial charge on any atom is 0.456 e. The van der Waals surface area contributed by atoms with E-state index in [9.17, 15) is 4.57 Å². The van der Waals surface area contributed by atoms with Crippen LogP contribution in [0.15, 0.2) is 127 Å². The average molecular weight is 412 g/mol. The second-order valence-corrected chi connectivity index (χ2v) is 8.33. The SMILES string of the molecule is O=P(C=C(c1ccccc1)c1ccccc1)(Oc1ccccc1)Oc1ccccc1. The van der Waals surface area contributed by atoms with Gasteiger partial charge in [0, 0.05) is 0 Å². The van der Waals surface area contributed by atoms with Crippen molar-refractivity contribution in [3.05, 3.63) is 138 Å². The fourth-order valence-corrected chi connectivity index (χ4v) is 4.63. The zero-order valence-corrected chi connectivity index (χ0v) is 17.2. The van der Waals surface area contributed by atoms with Crippen LogP contribution in [-0.4, -0.2) is 0 Å². The number of rotatable bonds is 7. The summed E-state index contributed by atoms with van der Waals surface area (Å²) in [6.45, 7) is 0. The summed E-state index contributed by atoms with van der Waals surface area (Å²) in [5.41, 5.74) is 2.64. The van der Waals surface area contributed by atoms with Crippen LogP contribution in [0.5, 0.6) is 11.5 Å². The Kier molecular flexibility index (Phi) is 6.12. The van der Waals surface area contributed by atoms with Crippen LogP contribution in [0, 0.1) is 0 Å². The Morgan fingerprint density at radius 2 is 0.867 bits per heavy atom. The van der Waals surface area contributed by atoms with Gasteiger partial charge in [-0.3, -0.25) is 0 Å². The lowest BCUT2D eigenvalue weighted by Gasteiger charge is -2.19. The normalized spacial score (nSPS) is 10.8. The predicted molar refractivity (Wildman–Crippen MR) is 122 cm³/mol. The Morgan fingerprint density at radius 3 is 1.23 bits per heavy atom. The minimum atomic E-state index is -3.71. The molecule has 4 rings (SSSR count). The van der Waals surface area contributed by atoms with Crippen molar-refractivity contribution < 1.29 is 13.6 Å². The van der Waals surface area contributed by atoms with Crippen LogP contribution < -0.4 is 9.05 Å². The summed E-state index contributed by atoms with van der Waals surface area (Å²) in [5, 5.41) is 0. The number of benzene rings is 4. The highest BCUT2D eigenvalue weighted by Crippen LogP contribution is 2.52. The molecule has 0 aromatic heterocycles. The van der Waals surface area contributed by atoms with Crippen LogP contribution in [0.2, 0.25) is 0 Å². The van der Waals surface area contributed by atoms with Crippen molar-refractivity contribution in [2.45, 2.75) is 0 Å². The average Bonchev–Trinajstić information content (AvgIpc) is 2.80. The lowest BCUT2D eigenvalue weighted by Crippen LogP contribution is -2.00. The third kappa shape index (κ3) is 5.08. The van der Waals surface area contributed by atoms with E-state index in [0.717, 1.165) is 16.7 Å². The van der Waals surface area contributed by atoms with Gasteiger partial charge >= 0.3 is 7.60 Å². The molecule has 0 saturated heterocycles. The van der Waals surface area contributed by atoms with Gasteiger partial charge < -0.3 is 9.05 Å². The molecular weight excluding hydrogens is 391 g/mol. The highest BCUT2D eigenvalue weighted by molar-refractivity contribution is 7.58. The Hall–Kier alpha value is -3.55. The van der Waals surface area contributed by atoms with Crippen LogP contribution in [0.1, 0.15) is 11.1 Å². The van der Waals surface area contributed by atoms with Crippen molar-refractivity contribution in [3.63, 3.8) is 0 Å². The Balaban J connectivity index is 1.82. The first kappa shape index (κ1) is 19.8. The standard InChI is InChI=1S/C26H21O3P/c27-30(28-24-17-9-3-10-18-24,29-25-19-11-4-12-20-25)21-26(22-13-5-1-6-14-22)23-15-7-2-8-16-23/h1-21H. The molecule has 30 heavy (non-hydrogen) atoms. The summed E-state index contributed by atoms with van der Waals surface area (Å²) in [4.78, 5) is 0. The largest absolute Gasteiger partial charge is 0.456 e. The molecule has 3 nitrogen and oxygen atoms in total. The molecule has 0 fully saturated rings. The van der Waals surface area contributed by atoms with Gasteiger partial charge in [0.1, 0.15) is 11.5 Å². The van der Waals surface area contributed by atoms with E-state index < -0.39 is 7.60 Å². The highest BCUT2D eigenvalue weighted by atomic mass is 31.2. The van der Waals surface area contributed by atoms with Crippen molar-refractivity contribution in [3.8, 4) is 11.5 Å². The first-order chi connectivity index (χ1) is 14.7. The summed E-state index contributed by atoms with van der Waals surface area (Å²) in [6.07, 6.45) is 0. The molecular formula is C26H21O3P. The third-order valence-corrected chi connectivity index (χ3v) is 5.91. The Morgan fingerprint density at radius 1 is 0.533 bits per heavy atom. The van der Waals surface area contributed by atoms with Gasteiger partial charge in [0.15, 0.2) is 0 Å². The first-order valence-electron chi connectivity index (χ1n) is 9.65. The van der Waals surface area contributed by atoms with E-state index in [1.54, 1.807) is 30.1 Å². The molecule has 0 aliphatic rings. The minimum Gasteiger partial charge on any atom is -0.413 e. The molecule has 4 heteroatoms. The fourth-order valence-electron chi connectivity index (χ4n) is 3.04. The van der Waals surface area contributed by atoms with Gasteiger partial charge in [-0.05, 0) is 41.0 Å². The smallest absolute Gasteiger partial charge is 0.413 e. The molecule has 0 saturated carbocycles. The van der Waals surface area contributed by atoms with E-state index in [-0.39, 0.29) is 0 Å². The van der Waals surface area contributed by atoms with Gasteiger partial charge in [-0.25, -0.2) is 4.57 Å². The number of para-hydroxylation sites is 2. The first-order valence-corrected chi connectivity index (χ1v) is 11.3. The molecule has 0 N–H and O–H groups in total. The van der Waals surface area contributed by atoms with Gasteiger partial charge in [0.25, 0.3) is 0 Å². The summed E-state index contributed by atoms with van der Waals surface area (Å²) in [6, 6.07) is 37.8. The van der Waals surface area contributed by atoms with Crippen LogP contribution in [-0.2, 0) is 4.57 Å². The van der Waals surface area contributed by atoms with Crippen LogP contribution in [0.4, 0.5) is 0 Å². The summed E-state index contributed by atoms with van der Waals surface area (Å²) in [5.74, 6) is 2.57. The molecule has 0 aliphatic heterocycles. The predicted octanol–water partition coefficient (Wildman–Crippen LogP) is 7.43. The lowest BCUT2D eigenvalue weighted by atomic mass is 10.00. The van der Waals surface area contributed by atoms with Crippen molar-refractivity contribution >= 4 is 13.2 Å². The molecule has 0 bridgehead atoms. The summed E-state index contributed by atoms with van der Waals surface area (Å²) in [7, 11) is -3.71. The van der Waals surface area contributed by atoms with Crippen molar-refractivity contribution in [1.82, 2.24) is 0 Å². The molecule has 0 unspecified atom stereocenters. The van der Waals surface area contributed by atoms with Crippen LogP contribution in [0.25, 0.3) is 5.57 Å². The molecule has 0 radical (unpaired) electrons. The zero-order valence-electron chi connectivity index (χ0n) is 16.3. The molecule has 4 aromatic rings. The highest BCUT2D eigenvalue weighted by Gasteiger charge is 2.27. The number of hydrogen-bond acceptors (Lipinski definition) is 3. The van der Waals surface area contributed by atoms with Crippen molar-refractivity contribution in [1.29, 1.82) is 0 Å². The van der Waals surface area contributed by atoms with Gasteiger partial charge in [-0.1, -0.05) is 97.1 Å². The fraction of sp³-hybridized carbons (Fsp3) is 0. The molecule has 148 valence electrons. The molecule has 0 atom stereocenters. The quantitative estimate of drug-likeness (QED) is 0.296. The lowest BCUT2D eigenvalue weighted by molar-refractivity contribution is 0.398. The monoisotopic (exact) mass is 412 g/mol. The molecule has 0 heterocycles. The van der Waals surface area contributed by atoms with Gasteiger partial charge in [0.2, 0.25) is 0 Å². The second-order valence-electron chi connectivity index (χ2n) is 6.62. The van der Waals surface area contributed by atoms with E-state index >= 15 is 0 Å². The van der Waals surface area contributed by atoms with Gasteiger partial charge in [-0.15, -0.1) is 0 Å². The third-order valence-electron chi connectivity index (χ3n) is 4.41. The van der Waals surface area contributed by atoms with E-state index in [2.05, 4.69) is 0 Å². The number of hydrogen-bond donors (Lipinski definition) is 0. The van der Waals surface area contributed by atoms with E-state index in [1.807, 2.05) is 97.1 Å². The molecule has 0 aliphatic carbocycles. The topological polar surface area (TPSA) is 35.5 Å². The van der Waals surface area contributed by atoms with Crippen molar-refractivity contribution in [2.75, 3.05) is 0 Å². The molecule has 4 aromatic carbocycles. The summed E-state index contributed by atoms with van der Waals surface area (Å²) < 4.78 is 25.9. The maximum atomic E-state index is 14.0. The van der Waals surface area contributed by atoms with Crippen LogP contribution >= 0.6 is 7.60 Å². The zero-order chi connectivity index (χ0) is 20.7. The molecule has 0 amide bonds. The van der Waals surface area contributed by atoms with E-state index in [4.69, 9.17) is 9.05 Å². The van der Waals surface area contributed by atoms with Gasteiger partial charge in [-0.2, -0.15) is 0 Å². The second kappa shape index (κ2) is 9.30. The van der Waals surface area contributed by atoms with Crippen LogP contribution in [0.3, 0.4) is 0 Å². The van der Waals surface area contributed by atoms with Gasteiger partial charge in [0.05, 0.1) is 5.82 Å². The summed E-state index contributed by atoms with van der Waals surface area (Å²) >= 11 is 0. The Labute approximate surface area is 176 Å². The van der Waals surface area contributed by atoms with Crippen molar-refractivity contribution in [2.24, 2.45) is 0 Å². The Bertz CT molecular complexity index is 1060. The van der Waals surface area contributed by atoms with E-state index in [0.29, 0.717) is 11.5 Å².